The van der Waals surface area contributed by atoms with Crippen molar-refractivity contribution in [1.82, 2.24) is 4.98 Å². The lowest BCUT2D eigenvalue weighted by atomic mass is 10.2. The molecule has 1 aromatic carbocycles. The molecule has 1 heterocycles. The Morgan fingerprint density at radius 1 is 1.39 bits per heavy atom. The van der Waals surface area contributed by atoms with Crippen molar-refractivity contribution in [3.63, 3.8) is 0 Å². The van der Waals surface area contributed by atoms with Gasteiger partial charge in [0.2, 0.25) is 0 Å². The second kappa shape index (κ2) is 6.07. The maximum Gasteiger partial charge on any atom is 0.185 e. The van der Waals surface area contributed by atoms with E-state index >= 15 is 0 Å². The maximum absolute atomic E-state index is 5.76. The lowest BCUT2D eigenvalue weighted by Crippen LogP contribution is -2.16. The van der Waals surface area contributed by atoms with Gasteiger partial charge in [0, 0.05) is 24.5 Å². The van der Waals surface area contributed by atoms with Crippen molar-refractivity contribution in [2.75, 3.05) is 19.1 Å². The zero-order valence-corrected chi connectivity index (χ0v) is 12.0. The van der Waals surface area contributed by atoms with Crippen molar-refractivity contribution < 1.29 is 4.74 Å². The highest BCUT2D eigenvalue weighted by Crippen LogP contribution is 2.25. The highest BCUT2D eigenvalue weighted by molar-refractivity contribution is 7.13. The Hall–Kier alpha value is -1.26. The van der Waals surface area contributed by atoms with Gasteiger partial charge in [0.05, 0.1) is 18.7 Å². The number of benzene rings is 1. The largest absolute Gasteiger partial charge is 0.496 e. The van der Waals surface area contributed by atoms with Crippen molar-refractivity contribution in [3.05, 3.63) is 40.9 Å². The van der Waals surface area contributed by atoms with Crippen LogP contribution in [0.15, 0.2) is 29.6 Å². The number of para-hydroxylation sites is 1. The molecule has 0 aliphatic carbocycles. The summed E-state index contributed by atoms with van der Waals surface area (Å²) in [5.41, 5.74) is 2.06. The Morgan fingerprint density at radius 2 is 2.17 bits per heavy atom. The second-order valence-electron chi connectivity index (χ2n) is 3.92. The van der Waals surface area contributed by atoms with Crippen LogP contribution in [0.5, 0.6) is 5.75 Å². The highest BCUT2D eigenvalue weighted by atomic mass is 35.5. The first-order valence-electron chi connectivity index (χ1n) is 5.58. The maximum atomic E-state index is 5.76. The van der Waals surface area contributed by atoms with E-state index in [1.165, 1.54) is 0 Å². The number of anilines is 1. The number of alkyl halides is 1. The van der Waals surface area contributed by atoms with Crippen LogP contribution in [0.2, 0.25) is 0 Å². The first-order chi connectivity index (χ1) is 8.74. The fraction of sp³-hybridized carbons (Fsp3) is 0.308. The molecule has 0 saturated carbocycles. The first kappa shape index (κ1) is 13.2. The molecule has 18 heavy (non-hydrogen) atoms. The molecule has 0 saturated heterocycles. The number of ether oxygens (including phenoxy) is 1. The fourth-order valence-electron chi connectivity index (χ4n) is 1.69. The molecule has 96 valence electrons. The minimum atomic E-state index is 0.457. The molecule has 0 unspecified atom stereocenters. The van der Waals surface area contributed by atoms with Crippen LogP contribution < -0.4 is 9.64 Å². The molecular formula is C13H15ClN2OS. The molecule has 2 rings (SSSR count). The predicted molar refractivity (Wildman–Crippen MR) is 76.8 cm³/mol. The summed E-state index contributed by atoms with van der Waals surface area (Å²) in [6, 6.07) is 8.01. The summed E-state index contributed by atoms with van der Waals surface area (Å²) in [5, 5.41) is 2.96. The molecule has 0 N–H and O–H groups in total. The van der Waals surface area contributed by atoms with Gasteiger partial charge in [-0.25, -0.2) is 4.98 Å². The molecule has 0 spiro atoms. The third kappa shape index (κ3) is 2.94. The van der Waals surface area contributed by atoms with Gasteiger partial charge >= 0.3 is 0 Å². The molecule has 0 bridgehead atoms. The quantitative estimate of drug-likeness (QED) is 0.785. The summed E-state index contributed by atoms with van der Waals surface area (Å²) in [6.45, 7) is 0.763. The van der Waals surface area contributed by atoms with E-state index in [1.807, 2.05) is 30.6 Å². The first-order valence-corrected chi connectivity index (χ1v) is 6.99. The summed E-state index contributed by atoms with van der Waals surface area (Å²) in [4.78, 5) is 6.55. The molecule has 2 aromatic rings. The summed E-state index contributed by atoms with van der Waals surface area (Å²) in [7, 11) is 3.71. The lowest BCUT2D eigenvalue weighted by Gasteiger charge is -2.17. The Labute approximate surface area is 116 Å². The molecule has 0 fully saturated rings. The topological polar surface area (TPSA) is 25.4 Å². The molecule has 1 aromatic heterocycles. The number of halogens is 1. The highest BCUT2D eigenvalue weighted by Gasteiger charge is 2.09. The molecule has 0 radical (unpaired) electrons. The summed E-state index contributed by atoms with van der Waals surface area (Å²) in [6.07, 6.45) is 0. The third-order valence-corrected chi connectivity index (χ3v) is 3.88. The van der Waals surface area contributed by atoms with Crippen molar-refractivity contribution in [2.45, 2.75) is 12.4 Å². The normalized spacial score (nSPS) is 10.4. The summed E-state index contributed by atoms with van der Waals surface area (Å²) < 4.78 is 5.34. The van der Waals surface area contributed by atoms with Crippen LogP contribution in [-0.4, -0.2) is 19.1 Å². The van der Waals surface area contributed by atoms with E-state index in [0.717, 1.165) is 28.7 Å². The molecule has 0 atom stereocenters. The van der Waals surface area contributed by atoms with Crippen molar-refractivity contribution in [1.29, 1.82) is 0 Å². The van der Waals surface area contributed by atoms with Gasteiger partial charge in [0.1, 0.15) is 5.75 Å². The van der Waals surface area contributed by atoms with Crippen molar-refractivity contribution in [2.24, 2.45) is 0 Å². The number of thiazole rings is 1. The average Bonchev–Trinajstić information content (AvgIpc) is 2.88. The van der Waals surface area contributed by atoms with Gasteiger partial charge in [-0.05, 0) is 6.07 Å². The van der Waals surface area contributed by atoms with E-state index in [2.05, 4.69) is 16.0 Å². The predicted octanol–water partition coefficient (Wildman–Crippen LogP) is 3.53. The number of hydrogen-bond donors (Lipinski definition) is 0. The van der Waals surface area contributed by atoms with Crippen LogP contribution in [0.1, 0.15) is 11.3 Å². The number of hydrogen-bond acceptors (Lipinski definition) is 4. The van der Waals surface area contributed by atoms with Gasteiger partial charge in [-0.3, -0.25) is 0 Å². The van der Waals surface area contributed by atoms with Gasteiger partial charge in [0.15, 0.2) is 5.13 Å². The number of nitrogens with zero attached hydrogens (tertiary/aromatic N) is 2. The van der Waals surface area contributed by atoms with E-state index in [4.69, 9.17) is 16.3 Å². The van der Waals surface area contributed by atoms with Gasteiger partial charge < -0.3 is 9.64 Å². The SMILES string of the molecule is COc1ccccc1CN(C)c1nc(CCl)cs1. The number of rotatable bonds is 5. The zero-order chi connectivity index (χ0) is 13.0. The lowest BCUT2D eigenvalue weighted by molar-refractivity contribution is 0.409. The van der Waals surface area contributed by atoms with Gasteiger partial charge in [-0.2, -0.15) is 0 Å². The Kier molecular flexibility index (Phi) is 4.44. The number of methoxy groups -OCH3 is 1. The van der Waals surface area contributed by atoms with Crippen molar-refractivity contribution >= 4 is 28.1 Å². The Bertz CT molecular complexity index is 515. The van der Waals surface area contributed by atoms with E-state index in [0.29, 0.717) is 5.88 Å². The summed E-state index contributed by atoms with van der Waals surface area (Å²) in [5.74, 6) is 1.36. The Morgan fingerprint density at radius 3 is 2.83 bits per heavy atom. The standard InChI is InChI=1S/C13H15ClN2OS/c1-16(13-15-11(7-14)9-18-13)8-10-5-3-4-6-12(10)17-2/h3-6,9H,7-8H2,1-2H3. The van der Waals surface area contributed by atoms with Crippen LogP contribution >= 0.6 is 22.9 Å². The minimum Gasteiger partial charge on any atom is -0.496 e. The molecular weight excluding hydrogens is 268 g/mol. The van der Waals surface area contributed by atoms with Crippen LogP contribution in [-0.2, 0) is 12.4 Å². The van der Waals surface area contributed by atoms with Gasteiger partial charge in [-0.1, -0.05) is 18.2 Å². The van der Waals surface area contributed by atoms with Crippen molar-refractivity contribution in [3.8, 4) is 5.75 Å². The monoisotopic (exact) mass is 282 g/mol. The average molecular weight is 283 g/mol. The minimum absolute atomic E-state index is 0.457. The van der Waals surface area contributed by atoms with Gasteiger partial charge in [-0.15, -0.1) is 22.9 Å². The van der Waals surface area contributed by atoms with E-state index < -0.39 is 0 Å². The van der Waals surface area contributed by atoms with Crippen LogP contribution in [0.3, 0.4) is 0 Å². The van der Waals surface area contributed by atoms with E-state index in [1.54, 1.807) is 18.4 Å². The molecule has 0 aliphatic heterocycles. The second-order valence-corrected chi connectivity index (χ2v) is 5.03. The fourth-order valence-corrected chi connectivity index (χ4v) is 2.71. The zero-order valence-electron chi connectivity index (χ0n) is 10.4. The van der Waals surface area contributed by atoms with Gasteiger partial charge in [0.25, 0.3) is 0 Å². The smallest absolute Gasteiger partial charge is 0.185 e. The van der Waals surface area contributed by atoms with Crippen LogP contribution in [0.25, 0.3) is 0 Å². The molecule has 5 heteroatoms. The third-order valence-electron chi connectivity index (χ3n) is 2.60. The van der Waals surface area contributed by atoms with Crippen LogP contribution in [0.4, 0.5) is 5.13 Å². The van der Waals surface area contributed by atoms with E-state index in [-0.39, 0.29) is 0 Å². The summed E-state index contributed by atoms with van der Waals surface area (Å²) >= 11 is 7.36. The van der Waals surface area contributed by atoms with Crippen LogP contribution in [0, 0.1) is 0 Å². The molecule has 3 nitrogen and oxygen atoms in total. The molecule has 0 amide bonds. The Balaban J connectivity index is 2.13. The van der Waals surface area contributed by atoms with E-state index in [9.17, 15) is 0 Å². The number of aromatic nitrogens is 1. The molecule has 0 aliphatic rings.